The second kappa shape index (κ2) is 5.90. The summed E-state index contributed by atoms with van der Waals surface area (Å²) in [5, 5.41) is 0. The van der Waals surface area contributed by atoms with Gasteiger partial charge in [-0.25, -0.2) is 4.39 Å². The Balaban J connectivity index is 1.92. The fourth-order valence-corrected chi connectivity index (χ4v) is 2.94. The summed E-state index contributed by atoms with van der Waals surface area (Å²) in [6.45, 7) is 12.0. The van der Waals surface area contributed by atoms with Crippen LogP contribution in [0.5, 0.6) is 0 Å². The van der Waals surface area contributed by atoms with Crippen molar-refractivity contribution in [1.82, 2.24) is 9.80 Å². The molecule has 1 saturated heterocycles. The van der Waals surface area contributed by atoms with Crippen LogP contribution in [0.2, 0.25) is 0 Å². The van der Waals surface area contributed by atoms with Crippen LogP contribution in [0.1, 0.15) is 26.3 Å². The Labute approximate surface area is 123 Å². The summed E-state index contributed by atoms with van der Waals surface area (Å²) in [6, 6.07) is 4.95. The minimum Gasteiger partial charge on any atom is -0.297 e. The Bertz CT molecular complexity index is 434. The highest BCUT2D eigenvalue weighted by Crippen LogP contribution is 2.21. The predicted molar refractivity (Wildman–Crippen MR) is 80.7 cm³/mol. The Morgan fingerprint density at radius 2 is 1.79 bits per heavy atom. The van der Waals surface area contributed by atoms with Gasteiger partial charge >= 0.3 is 0 Å². The largest absolute Gasteiger partial charge is 0.297 e. The van der Waals surface area contributed by atoms with E-state index >= 15 is 0 Å². The first-order chi connectivity index (χ1) is 8.86. The van der Waals surface area contributed by atoms with Gasteiger partial charge in [0.05, 0.1) is 0 Å². The average molecular weight is 329 g/mol. The number of piperazine rings is 1. The molecule has 0 amide bonds. The van der Waals surface area contributed by atoms with E-state index in [2.05, 4.69) is 46.5 Å². The van der Waals surface area contributed by atoms with Crippen LogP contribution < -0.4 is 0 Å². The van der Waals surface area contributed by atoms with Crippen molar-refractivity contribution in [1.29, 1.82) is 0 Å². The van der Waals surface area contributed by atoms with Crippen LogP contribution in [-0.2, 0) is 6.54 Å². The summed E-state index contributed by atoms with van der Waals surface area (Å²) in [7, 11) is 0. The molecule has 1 aromatic rings. The second-order valence-corrected chi connectivity index (χ2v) is 7.02. The number of rotatable bonds is 2. The molecular weight excluding hydrogens is 307 g/mol. The summed E-state index contributed by atoms with van der Waals surface area (Å²) in [5.74, 6) is -0.187. The fraction of sp³-hybridized carbons (Fsp3) is 0.600. The lowest BCUT2D eigenvalue weighted by molar-refractivity contribution is 0.0590. The van der Waals surface area contributed by atoms with E-state index in [-0.39, 0.29) is 11.4 Å². The molecule has 1 aliphatic heterocycles. The van der Waals surface area contributed by atoms with E-state index in [0.29, 0.717) is 0 Å². The standard InChI is InChI=1S/C15H22BrFN2/c1-15(2,3)19-8-6-18(7-9-19)11-12-4-5-13(17)10-14(12)16/h4-5,10H,6-9,11H2,1-3H3. The van der Waals surface area contributed by atoms with Crippen molar-refractivity contribution < 1.29 is 4.39 Å². The molecule has 2 rings (SSSR count). The van der Waals surface area contributed by atoms with Crippen LogP contribution in [0.15, 0.2) is 22.7 Å². The molecule has 0 spiro atoms. The van der Waals surface area contributed by atoms with Gasteiger partial charge in [-0.05, 0) is 38.5 Å². The molecule has 4 heteroatoms. The maximum Gasteiger partial charge on any atom is 0.124 e. The average Bonchev–Trinajstić information content (AvgIpc) is 2.32. The highest BCUT2D eigenvalue weighted by atomic mass is 79.9. The van der Waals surface area contributed by atoms with Gasteiger partial charge in [0.2, 0.25) is 0 Å². The molecule has 1 fully saturated rings. The molecule has 2 nitrogen and oxygen atoms in total. The van der Waals surface area contributed by atoms with E-state index in [1.165, 1.54) is 6.07 Å². The molecule has 0 unspecified atom stereocenters. The lowest BCUT2D eigenvalue weighted by Gasteiger charge is -2.42. The molecule has 0 radical (unpaired) electrons. The summed E-state index contributed by atoms with van der Waals surface area (Å²) < 4.78 is 13.9. The summed E-state index contributed by atoms with van der Waals surface area (Å²) in [6.07, 6.45) is 0. The summed E-state index contributed by atoms with van der Waals surface area (Å²) in [4.78, 5) is 4.95. The third-order valence-corrected chi connectivity index (χ3v) is 4.47. The number of hydrogen-bond acceptors (Lipinski definition) is 2. The Morgan fingerprint density at radius 1 is 1.16 bits per heavy atom. The van der Waals surface area contributed by atoms with E-state index in [9.17, 15) is 4.39 Å². The number of benzene rings is 1. The van der Waals surface area contributed by atoms with Gasteiger partial charge in [-0.2, -0.15) is 0 Å². The molecule has 19 heavy (non-hydrogen) atoms. The van der Waals surface area contributed by atoms with Crippen LogP contribution in [0.3, 0.4) is 0 Å². The number of nitrogens with zero attached hydrogens (tertiary/aromatic N) is 2. The van der Waals surface area contributed by atoms with Gasteiger partial charge in [0, 0.05) is 42.7 Å². The van der Waals surface area contributed by atoms with Crippen LogP contribution in [0.25, 0.3) is 0 Å². The molecule has 0 aromatic heterocycles. The molecule has 0 N–H and O–H groups in total. The first-order valence-electron chi connectivity index (χ1n) is 6.77. The van der Waals surface area contributed by atoms with Gasteiger partial charge in [0.25, 0.3) is 0 Å². The van der Waals surface area contributed by atoms with E-state index in [0.717, 1.165) is 42.8 Å². The lowest BCUT2D eigenvalue weighted by atomic mass is 10.0. The monoisotopic (exact) mass is 328 g/mol. The van der Waals surface area contributed by atoms with E-state index in [4.69, 9.17) is 0 Å². The quantitative estimate of drug-likeness (QED) is 0.819. The molecule has 106 valence electrons. The molecule has 0 saturated carbocycles. The van der Waals surface area contributed by atoms with Crippen molar-refractivity contribution in [3.8, 4) is 0 Å². The number of halogens is 2. The second-order valence-electron chi connectivity index (χ2n) is 6.17. The third-order valence-electron chi connectivity index (χ3n) is 3.73. The molecule has 1 heterocycles. The molecular formula is C15H22BrFN2. The SMILES string of the molecule is CC(C)(C)N1CCN(Cc2ccc(F)cc2Br)CC1. The summed E-state index contributed by atoms with van der Waals surface area (Å²) >= 11 is 3.44. The predicted octanol–water partition coefficient (Wildman–Crippen LogP) is 3.50. The van der Waals surface area contributed by atoms with Gasteiger partial charge in [0.1, 0.15) is 5.82 Å². The fourth-order valence-electron chi connectivity index (χ4n) is 2.47. The van der Waals surface area contributed by atoms with Gasteiger partial charge < -0.3 is 0 Å². The number of hydrogen-bond donors (Lipinski definition) is 0. The molecule has 0 bridgehead atoms. The zero-order chi connectivity index (χ0) is 14.0. The lowest BCUT2D eigenvalue weighted by Crippen LogP contribution is -2.53. The van der Waals surface area contributed by atoms with Crippen molar-refractivity contribution in [3.05, 3.63) is 34.1 Å². The smallest absolute Gasteiger partial charge is 0.124 e. The van der Waals surface area contributed by atoms with Gasteiger partial charge in [-0.1, -0.05) is 22.0 Å². The van der Waals surface area contributed by atoms with E-state index in [1.807, 2.05) is 6.07 Å². The Hall–Kier alpha value is -0.450. The van der Waals surface area contributed by atoms with Crippen molar-refractivity contribution in [2.24, 2.45) is 0 Å². The minimum atomic E-state index is -0.187. The zero-order valence-electron chi connectivity index (χ0n) is 11.9. The van der Waals surface area contributed by atoms with Crippen LogP contribution in [0, 0.1) is 5.82 Å². The third kappa shape index (κ3) is 4.01. The van der Waals surface area contributed by atoms with E-state index in [1.54, 1.807) is 6.07 Å². The van der Waals surface area contributed by atoms with Crippen LogP contribution >= 0.6 is 15.9 Å². The van der Waals surface area contributed by atoms with Crippen molar-refractivity contribution in [3.63, 3.8) is 0 Å². The molecule has 0 aliphatic carbocycles. The van der Waals surface area contributed by atoms with Gasteiger partial charge in [-0.15, -0.1) is 0 Å². The van der Waals surface area contributed by atoms with E-state index < -0.39 is 0 Å². The summed E-state index contributed by atoms with van der Waals surface area (Å²) in [5.41, 5.74) is 1.41. The van der Waals surface area contributed by atoms with Crippen LogP contribution in [0.4, 0.5) is 4.39 Å². The molecule has 1 aliphatic rings. The zero-order valence-corrected chi connectivity index (χ0v) is 13.5. The minimum absolute atomic E-state index is 0.187. The first kappa shape index (κ1) is 14.9. The Morgan fingerprint density at radius 3 is 2.32 bits per heavy atom. The maximum absolute atomic E-state index is 13.1. The van der Waals surface area contributed by atoms with Crippen LogP contribution in [-0.4, -0.2) is 41.5 Å². The van der Waals surface area contributed by atoms with Crippen molar-refractivity contribution in [2.45, 2.75) is 32.9 Å². The normalized spacial score (nSPS) is 18.8. The highest BCUT2D eigenvalue weighted by molar-refractivity contribution is 9.10. The molecule has 1 aromatic carbocycles. The van der Waals surface area contributed by atoms with Gasteiger partial charge in [-0.3, -0.25) is 9.80 Å². The first-order valence-corrected chi connectivity index (χ1v) is 7.57. The maximum atomic E-state index is 13.1. The topological polar surface area (TPSA) is 6.48 Å². The van der Waals surface area contributed by atoms with Gasteiger partial charge in [0.15, 0.2) is 0 Å². The highest BCUT2D eigenvalue weighted by Gasteiger charge is 2.25. The Kier molecular flexibility index (Phi) is 4.64. The molecule has 0 atom stereocenters. The van der Waals surface area contributed by atoms with Crippen molar-refractivity contribution >= 4 is 15.9 Å². The van der Waals surface area contributed by atoms with Crippen molar-refractivity contribution in [2.75, 3.05) is 26.2 Å².